The predicted molar refractivity (Wildman–Crippen MR) is 107 cm³/mol. The normalized spacial score (nSPS) is 14.8. The third-order valence-corrected chi connectivity index (χ3v) is 5.47. The lowest BCUT2D eigenvalue weighted by Crippen LogP contribution is -2.32. The van der Waals surface area contributed by atoms with Gasteiger partial charge < -0.3 is 14.7 Å². The van der Waals surface area contributed by atoms with Gasteiger partial charge in [-0.2, -0.15) is 0 Å². The molecule has 0 radical (unpaired) electrons. The smallest absolute Gasteiger partial charge is 0.119 e. The molecule has 2 aromatic carbocycles. The fourth-order valence-corrected chi connectivity index (χ4v) is 3.97. The van der Waals surface area contributed by atoms with Crippen LogP contribution in [0.25, 0.3) is 0 Å². The second kappa shape index (κ2) is 9.63. The monoisotopic (exact) mass is 353 g/mol. The quantitative estimate of drug-likeness (QED) is 0.710. The molecule has 1 aliphatic rings. The summed E-state index contributed by atoms with van der Waals surface area (Å²) < 4.78 is 5.35. The predicted octanol–water partition coefficient (Wildman–Crippen LogP) is 4.68. The number of phenols is 1. The molecule has 26 heavy (non-hydrogen) atoms. The van der Waals surface area contributed by atoms with Crippen molar-refractivity contribution in [2.45, 2.75) is 38.5 Å². The van der Waals surface area contributed by atoms with Gasteiger partial charge in [0.05, 0.1) is 7.11 Å². The fourth-order valence-electron chi connectivity index (χ4n) is 3.97. The first-order valence-electron chi connectivity index (χ1n) is 9.86. The Balaban J connectivity index is 1.58. The highest BCUT2D eigenvalue weighted by Gasteiger charge is 2.18. The van der Waals surface area contributed by atoms with E-state index in [4.69, 9.17) is 4.74 Å². The summed E-state index contributed by atoms with van der Waals surface area (Å²) in [6.45, 7) is 3.31. The third kappa shape index (κ3) is 5.77. The molecular weight excluding hydrogens is 322 g/mol. The number of hydrogen-bond acceptors (Lipinski definition) is 3. The van der Waals surface area contributed by atoms with Gasteiger partial charge in [0, 0.05) is 19.6 Å². The molecule has 0 bridgehead atoms. The maximum atomic E-state index is 9.68. The molecule has 0 aliphatic heterocycles. The van der Waals surface area contributed by atoms with Crippen LogP contribution in [0.4, 0.5) is 0 Å². The lowest BCUT2D eigenvalue weighted by atomic mass is 10.1. The van der Waals surface area contributed by atoms with Gasteiger partial charge in [-0.05, 0) is 67.0 Å². The van der Waals surface area contributed by atoms with Gasteiger partial charge in [0.2, 0.25) is 0 Å². The van der Waals surface area contributed by atoms with E-state index in [-0.39, 0.29) is 0 Å². The molecule has 2 aromatic rings. The second-order valence-electron chi connectivity index (χ2n) is 7.47. The summed E-state index contributed by atoms with van der Waals surface area (Å²) in [4.78, 5) is 2.61. The number of phenolic OH excluding ortho intramolecular Hbond substituents is 1. The molecule has 0 atom stereocenters. The van der Waals surface area contributed by atoms with E-state index < -0.39 is 0 Å². The molecule has 0 heterocycles. The average Bonchev–Trinajstić information content (AvgIpc) is 3.17. The van der Waals surface area contributed by atoms with Crippen molar-refractivity contribution in [1.29, 1.82) is 0 Å². The lowest BCUT2D eigenvalue weighted by Gasteiger charge is -2.26. The molecule has 0 spiro atoms. The standard InChI is InChI=1S/C23H31NO2/c1-26-23-11-5-9-20(17-23)13-15-24(18-21-6-2-3-7-21)14-12-19-8-4-10-22(25)16-19/h4-5,8-11,16-17,21,25H,2-3,6-7,12-15,18H2,1H3. The van der Waals surface area contributed by atoms with Crippen LogP contribution in [-0.4, -0.2) is 36.8 Å². The molecular formula is C23H31NO2. The summed E-state index contributed by atoms with van der Waals surface area (Å²) in [5.41, 5.74) is 2.54. The number of hydrogen-bond donors (Lipinski definition) is 1. The third-order valence-electron chi connectivity index (χ3n) is 5.47. The molecule has 3 nitrogen and oxygen atoms in total. The van der Waals surface area contributed by atoms with Crippen LogP contribution in [0, 0.1) is 5.92 Å². The van der Waals surface area contributed by atoms with Gasteiger partial charge in [-0.15, -0.1) is 0 Å². The van der Waals surface area contributed by atoms with Gasteiger partial charge in [-0.1, -0.05) is 37.1 Å². The topological polar surface area (TPSA) is 32.7 Å². The highest BCUT2D eigenvalue weighted by atomic mass is 16.5. The van der Waals surface area contributed by atoms with Crippen LogP contribution >= 0.6 is 0 Å². The van der Waals surface area contributed by atoms with Crippen molar-refractivity contribution in [3.63, 3.8) is 0 Å². The average molecular weight is 354 g/mol. The molecule has 1 saturated carbocycles. The van der Waals surface area contributed by atoms with E-state index in [1.807, 2.05) is 18.2 Å². The first kappa shape index (κ1) is 18.8. The van der Waals surface area contributed by atoms with E-state index in [2.05, 4.69) is 29.2 Å². The van der Waals surface area contributed by atoms with Crippen LogP contribution in [0.15, 0.2) is 48.5 Å². The van der Waals surface area contributed by atoms with Crippen LogP contribution in [0.1, 0.15) is 36.8 Å². The van der Waals surface area contributed by atoms with Crippen molar-refractivity contribution in [1.82, 2.24) is 4.90 Å². The van der Waals surface area contributed by atoms with Crippen molar-refractivity contribution < 1.29 is 9.84 Å². The minimum absolute atomic E-state index is 0.362. The Kier molecular flexibility index (Phi) is 6.96. The zero-order chi connectivity index (χ0) is 18.2. The number of aromatic hydroxyl groups is 1. The van der Waals surface area contributed by atoms with Crippen molar-refractivity contribution in [2.24, 2.45) is 5.92 Å². The van der Waals surface area contributed by atoms with Crippen LogP contribution < -0.4 is 4.74 Å². The molecule has 3 rings (SSSR count). The molecule has 3 heteroatoms. The van der Waals surface area contributed by atoms with Crippen molar-refractivity contribution in [3.8, 4) is 11.5 Å². The minimum atomic E-state index is 0.362. The Bertz CT molecular complexity index is 679. The van der Waals surface area contributed by atoms with E-state index >= 15 is 0 Å². The number of rotatable bonds is 9. The lowest BCUT2D eigenvalue weighted by molar-refractivity contribution is 0.236. The molecule has 0 saturated heterocycles. The molecule has 0 amide bonds. The first-order chi connectivity index (χ1) is 12.7. The first-order valence-corrected chi connectivity index (χ1v) is 9.86. The van der Waals surface area contributed by atoms with Gasteiger partial charge in [0.1, 0.15) is 11.5 Å². The number of ether oxygens (including phenoxy) is 1. The van der Waals surface area contributed by atoms with Crippen molar-refractivity contribution >= 4 is 0 Å². The maximum Gasteiger partial charge on any atom is 0.119 e. The molecule has 1 N–H and O–H groups in total. The minimum Gasteiger partial charge on any atom is -0.508 e. The molecule has 140 valence electrons. The molecule has 1 aliphatic carbocycles. The summed E-state index contributed by atoms with van der Waals surface area (Å²) >= 11 is 0. The number of benzene rings is 2. The van der Waals surface area contributed by atoms with Crippen LogP contribution in [-0.2, 0) is 12.8 Å². The van der Waals surface area contributed by atoms with E-state index in [0.717, 1.165) is 37.6 Å². The number of methoxy groups -OCH3 is 1. The van der Waals surface area contributed by atoms with Gasteiger partial charge in [-0.25, -0.2) is 0 Å². The summed E-state index contributed by atoms with van der Waals surface area (Å²) in [5, 5.41) is 9.68. The highest BCUT2D eigenvalue weighted by Crippen LogP contribution is 2.26. The van der Waals surface area contributed by atoms with Gasteiger partial charge in [-0.3, -0.25) is 0 Å². The van der Waals surface area contributed by atoms with E-state index in [9.17, 15) is 5.11 Å². The zero-order valence-corrected chi connectivity index (χ0v) is 15.9. The summed E-state index contributed by atoms with van der Waals surface area (Å²) in [7, 11) is 1.72. The molecule has 1 fully saturated rings. The van der Waals surface area contributed by atoms with Gasteiger partial charge >= 0.3 is 0 Å². The maximum absolute atomic E-state index is 9.68. The van der Waals surface area contributed by atoms with E-state index in [0.29, 0.717) is 5.75 Å². The summed E-state index contributed by atoms with van der Waals surface area (Å²) in [5.74, 6) is 2.15. The highest BCUT2D eigenvalue weighted by molar-refractivity contribution is 5.29. The summed E-state index contributed by atoms with van der Waals surface area (Å²) in [6, 6.07) is 16.1. The van der Waals surface area contributed by atoms with Crippen molar-refractivity contribution in [3.05, 3.63) is 59.7 Å². The van der Waals surface area contributed by atoms with Crippen LogP contribution in [0.3, 0.4) is 0 Å². The Morgan fingerprint density at radius 2 is 1.62 bits per heavy atom. The Morgan fingerprint density at radius 3 is 2.27 bits per heavy atom. The second-order valence-corrected chi connectivity index (χ2v) is 7.47. The molecule has 0 unspecified atom stereocenters. The van der Waals surface area contributed by atoms with E-state index in [1.165, 1.54) is 43.4 Å². The van der Waals surface area contributed by atoms with Crippen molar-refractivity contribution in [2.75, 3.05) is 26.7 Å². The SMILES string of the molecule is COc1cccc(CCN(CCc2cccc(O)c2)CC2CCCC2)c1. The van der Waals surface area contributed by atoms with Gasteiger partial charge in [0.15, 0.2) is 0 Å². The molecule has 0 aromatic heterocycles. The summed E-state index contributed by atoms with van der Waals surface area (Å²) in [6.07, 6.45) is 7.56. The zero-order valence-electron chi connectivity index (χ0n) is 15.9. The number of nitrogens with zero attached hydrogens (tertiary/aromatic N) is 1. The van der Waals surface area contributed by atoms with Crippen LogP contribution in [0.5, 0.6) is 11.5 Å². The van der Waals surface area contributed by atoms with E-state index in [1.54, 1.807) is 13.2 Å². The Morgan fingerprint density at radius 1 is 0.962 bits per heavy atom. The van der Waals surface area contributed by atoms with Crippen LogP contribution in [0.2, 0.25) is 0 Å². The van der Waals surface area contributed by atoms with Gasteiger partial charge in [0.25, 0.3) is 0 Å². The Labute approximate surface area is 157 Å². The fraction of sp³-hybridized carbons (Fsp3) is 0.478. The Hall–Kier alpha value is -2.00. The largest absolute Gasteiger partial charge is 0.508 e.